The lowest BCUT2D eigenvalue weighted by Crippen LogP contribution is -2.23. The van der Waals surface area contributed by atoms with E-state index in [0.29, 0.717) is 0 Å². The SMILES string of the molecule is CCC1=CCCC2CCCCC12. The standard InChI is InChI=1S/C12H20/c1-2-10-7-5-8-11-6-3-4-9-12(10)11/h7,11-12H,2-6,8-9H2,1H3. The second-order valence-electron chi connectivity index (χ2n) is 4.36. The molecule has 0 amide bonds. The smallest absolute Gasteiger partial charge is 0.0175 e. The average molecular weight is 164 g/mol. The number of hydrogen-bond donors (Lipinski definition) is 0. The van der Waals surface area contributed by atoms with Crippen LogP contribution >= 0.6 is 0 Å². The van der Waals surface area contributed by atoms with Gasteiger partial charge in [-0.05, 0) is 43.9 Å². The van der Waals surface area contributed by atoms with Gasteiger partial charge in [0.05, 0.1) is 0 Å². The molecule has 2 atom stereocenters. The Morgan fingerprint density at radius 3 is 2.92 bits per heavy atom. The summed E-state index contributed by atoms with van der Waals surface area (Å²) in [5, 5.41) is 0. The first kappa shape index (κ1) is 8.34. The summed E-state index contributed by atoms with van der Waals surface area (Å²) in [5.74, 6) is 2.07. The van der Waals surface area contributed by atoms with Crippen LogP contribution in [0, 0.1) is 11.8 Å². The van der Waals surface area contributed by atoms with Crippen LogP contribution in [0.3, 0.4) is 0 Å². The minimum absolute atomic E-state index is 0.998. The summed E-state index contributed by atoms with van der Waals surface area (Å²) < 4.78 is 0. The maximum Gasteiger partial charge on any atom is -0.0175 e. The van der Waals surface area contributed by atoms with Gasteiger partial charge in [0.2, 0.25) is 0 Å². The summed E-state index contributed by atoms with van der Waals surface area (Å²) in [7, 11) is 0. The van der Waals surface area contributed by atoms with Crippen molar-refractivity contribution < 1.29 is 0 Å². The summed E-state index contributed by atoms with van der Waals surface area (Å²) in [4.78, 5) is 0. The van der Waals surface area contributed by atoms with Crippen LogP contribution in [0.25, 0.3) is 0 Å². The fourth-order valence-corrected chi connectivity index (χ4v) is 3.08. The third-order valence-corrected chi connectivity index (χ3v) is 3.74. The Morgan fingerprint density at radius 1 is 1.25 bits per heavy atom. The molecule has 0 N–H and O–H groups in total. The van der Waals surface area contributed by atoms with Crippen LogP contribution in [0.2, 0.25) is 0 Å². The number of rotatable bonds is 1. The molecule has 0 heteroatoms. The number of fused-ring (bicyclic) bond motifs is 1. The van der Waals surface area contributed by atoms with E-state index in [0.717, 1.165) is 11.8 Å². The summed E-state index contributed by atoms with van der Waals surface area (Å²) in [5.41, 5.74) is 1.78. The monoisotopic (exact) mass is 164 g/mol. The Morgan fingerprint density at radius 2 is 2.08 bits per heavy atom. The van der Waals surface area contributed by atoms with Gasteiger partial charge in [-0.3, -0.25) is 0 Å². The lowest BCUT2D eigenvalue weighted by atomic mass is 9.70. The Hall–Kier alpha value is -0.260. The van der Waals surface area contributed by atoms with E-state index in [1.807, 2.05) is 0 Å². The van der Waals surface area contributed by atoms with Crippen LogP contribution < -0.4 is 0 Å². The maximum absolute atomic E-state index is 2.52. The van der Waals surface area contributed by atoms with Crippen molar-refractivity contribution in [2.45, 2.75) is 51.9 Å². The quantitative estimate of drug-likeness (QED) is 0.515. The van der Waals surface area contributed by atoms with Crippen molar-refractivity contribution in [3.63, 3.8) is 0 Å². The predicted octanol–water partition coefficient (Wildman–Crippen LogP) is 3.92. The van der Waals surface area contributed by atoms with Crippen LogP contribution in [0.15, 0.2) is 11.6 Å². The third-order valence-electron chi connectivity index (χ3n) is 3.74. The van der Waals surface area contributed by atoms with Crippen molar-refractivity contribution in [3.05, 3.63) is 11.6 Å². The Kier molecular flexibility index (Phi) is 2.53. The molecule has 1 fully saturated rings. The first-order valence-corrected chi connectivity index (χ1v) is 5.60. The van der Waals surface area contributed by atoms with E-state index in [4.69, 9.17) is 0 Å². The van der Waals surface area contributed by atoms with Gasteiger partial charge in [0.25, 0.3) is 0 Å². The molecule has 0 aromatic rings. The summed E-state index contributed by atoms with van der Waals surface area (Å²) in [6.45, 7) is 2.32. The van der Waals surface area contributed by atoms with E-state index >= 15 is 0 Å². The van der Waals surface area contributed by atoms with Crippen molar-refractivity contribution >= 4 is 0 Å². The molecule has 0 radical (unpaired) electrons. The van der Waals surface area contributed by atoms with Crippen molar-refractivity contribution in [1.82, 2.24) is 0 Å². The molecule has 0 spiro atoms. The predicted molar refractivity (Wildman–Crippen MR) is 53.1 cm³/mol. The van der Waals surface area contributed by atoms with Crippen LogP contribution in [-0.2, 0) is 0 Å². The average Bonchev–Trinajstić information content (AvgIpc) is 2.17. The van der Waals surface area contributed by atoms with Crippen molar-refractivity contribution in [1.29, 1.82) is 0 Å². The second kappa shape index (κ2) is 3.64. The Bertz CT molecular complexity index is 178. The minimum Gasteiger partial charge on any atom is -0.0850 e. The summed E-state index contributed by atoms with van der Waals surface area (Å²) in [6, 6.07) is 0. The van der Waals surface area contributed by atoms with E-state index in [1.165, 1.54) is 44.9 Å². The lowest BCUT2D eigenvalue weighted by molar-refractivity contribution is 0.242. The highest BCUT2D eigenvalue weighted by atomic mass is 14.3. The lowest BCUT2D eigenvalue weighted by Gasteiger charge is -2.36. The Balaban J connectivity index is 2.09. The van der Waals surface area contributed by atoms with E-state index in [-0.39, 0.29) is 0 Å². The molecule has 12 heavy (non-hydrogen) atoms. The molecular weight excluding hydrogens is 144 g/mol. The largest absolute Gasteiger partial charge is 0.0850 e. The van der Waals surface area contributed by atoms with Gasteiger partial charge in [0.15, 0.2) is 0 Å². The first-order valence-electron chi connectivity index (χ1n) is 5.60. The molecule has 2 rings (SSSR count). The van der Waals surface area contributed by atoms with Gasteiger partial charge in [-0.1, -0.05) is 31.4 Å². The van der Waals surface area contributed by atoms with Crippen LogP contribution in [-0.4, -0.2) is 0 Å². The minimum atomic E-state index is 0.998. The van der Waals surface area contributed by atoms with Gasteiger partial charge in [-0.15, -0.1) is 0 Å². The molecule has 0 bridgehead atoms. The third kappa shape index (κ3) is 1.44. The van der Waals surface area contributed by atoms with Gasteiger partial charge < -0.3 is 0 Å². The molecule has 68 valence electrons. The second-order valence-corrected chi connectivity index (χ2v) is 4.36. The molecule has 2 aliphatic rings. The van der Waals surface area contributed by atoms with E-state index in [9.17, 15) is 0 Å². The van der Waals surface area contributed by atoms with Gasteiger partial charge in [-0.25, -0.2) is 0 Å². The summed E-state index contributed by atoms with van der Waals surface area (Å²) >= 11 is 0. The molecule has 0 aromatic heterocycles. The molecule has 1 saturated carbocycles. The molecule has 0 aliphatic heterocycles. The fourth-order valence-electron chi connectivity index (χ4n) is 3.08. The van der Waals surface area contributed by atoms with Crippen LogP contribution in [0.4, 0.5) is 0 Å². The zero-order chi connectivity index (χ0) is 8.39. The molecule has 0 aromatic carbocycles. The van der Waals surface area contributed by atoms with Gasteiger partial charge >= 0.3 is 0 Å². The zero-order valence-electron chi connectivity index (χ0n) is 8.18. The van der Waals surface area contributed by atoms with Crippen LogP contribution in [0.5, 0.6) is 0 Å². The van der Waals surface area contributed by atoms with E-state index in [1.54, 1.807) is 5.57 Å². The fraction of sp³-hybridized carbons (Fsp3) is 0.833. The molecule has 0 heterocycles. The highest BCUT2D eigenvalue weighted by molar-refractivity contribution is 5.12. The van der Waals surface area contributed by atoms with Gasteiger partial charge in [0.1, 0.15) is 0 Å². The van der Waals surface area contributed by atoms with Crippen molar-refractivity contribution in [2.75, 3.05) is 0 Å². The number of allylic oxidation sites excluding steroid dienone is 2. The molecule has 0 saturated heterocycles. The van der Waals surface area contributed by atoms with Gasteiger partial charge in [0, 0.05) is 0 Å². The van der Waals surface area contributed by atoms with Crippen molar-refractivity contribution in [2.24, 2.45) is 11.8 Å². The first-order chi connectivity index (χ1) is 5.92. The molecule has 2 unspecified atom stereocenters. The highest BCUT2D eigenvalue weighted by Crippen LogP contribution is 2.41. The topological polar surface area (TPSA) is 0 Å². The maximum atomic E-state index is 2.52. The van der Waals surface area contributed by atoms with Crippen LogP contribution in [0.1, 0.15) is 51.9 Å². The zero-order valence-corrected chi connectivity index (χ0v) is 8.18. The Labute approximate surface area is 76.1 Å². The number of hydrogen-bond acceptors (Lipinski definition) is 0. The molecular formula is C12H20. The van der Waals surface area contributed by atoms with E-state index < -0.39 is 0 Å². The molecule has 0 nitrogen and oxygen atoms in total. The van der Waals surface area contributed by atoms with Gasteiger partial charge in [-0.2, -0.15) is 0 Å². The summed E-state index contributed by atoms with van der Waals surface area (Å²) in [6.07, 6.45) is 12.7. The van der Waals surface area contributed by atoms with Crippen molar-refractivity contribution in [3.8, 4) is 0 Å². The highest BCUT2D eigenvalue weighted by Gasteiger charge is 2.28. The molecule has 2 aliphatic carbocycles. The van der Waals surface area contributed by atoms with E-state index in [2.05, 4.69) is 13.0 Å². The normalized spacial score (nSPS) is 35.6.